The molecule has 0 saturated carbocycles. The molecule has 5 nitrogen and oxygen atoms in total. The van der Waals surface area contributed by atoms with Gasteiger partial charge in [0, 0.05) is 0 Å². The van der Waals surface area contributed by atoms with Gasteiger partial charge in [0.2, 0.25) is 10.8 Å². The van der Waals surface area contributed by atoms with Gasteiger partial charge in [-0.1, -0.05) is 17.7 Å². The predicted molar refractivity (Wildman–Crippen MR) is 60.1 cm³/mol. The Hall–Kier alpha value is -2.09. The SMILES string of the molecule is O=[N+]([O-])c1c(C(F)F)nn(-c2cccc(F)c2)c1Cl. The lowest BCUT2D eigenvalue weighted by atomic mass is 10.3. The number of hydrogen-bond donors (Lipinski definition) is 0. The van der Waals surface area contributed by atoms with E-state index < -0.39 is 33.7 Å². The van der Waals surface area contributed by atoms with Crippen molar-refractivity contribution in [3.8, 4) is 5.69 Å². The molecule has 19 heavy (non-hydrogen) atoms. The lowest BCUT2D eigenvalue weighted by Crippen LogP contribution is -1.98. The molecule has 0 amide bonds. The van der Waals surface area contributed by atoms with Crippen LogP contribution in [0, 0.1) is 15.9 Å². The second-order valence-electron chi connectivity index (χ2n) is 3.47. The van der Waals surface area contributed by atoms with Crippen molar-refractivity contribution in [1.29, 1.82) is 0 Å². The number of aromatic nitrogens is 2. The zero-order valence-electron chi connectivity index (χ0n) is 9.06. The van der Waals surface area contributed by atoms with E-state index in [1.54, 1.807) is 0 Å². The van der Waals surface area contributed by atoms with Gasteiger partial charge in [-0.05, 0) is 18.2 Å². The largest absolute Gasteiger partial charge is 0.335 e. The molecule has 0 fully saturated rings. The van der Waals surface area contributed by atoms with Crippen LogP contribution in [0.25, 0.3) is 5.69 Å². The third-order valence-corrected chi connectivity index (χ3v) is 2.61. The van der Waals surface area contributed by atoms with Crippen molar-refractivity contribution >= 4 is 17.3 Å². The monoisotopic (exact) mass is 291 g/mol. The summed E-state index contributed by atoms with van der Waals surface area (Å²) in [5.41, 5.74) is -2.03. The van der Waals surface area contributed by atoms with Crippen molar-refractivity contribution in [2.45, 2.75) is 6.43 Å². The molecule has 0 saturated heterocycles. The van der Waals surface area contributed by atoms with Gasteiger partial charge >= 0.3 is 5.69 Å². The van der Waals surface area contributed by atoms with E-state index >= 15 is 0 Å². The molecule has 0 unspecified atom stereocenters. The molecule has 2 rings (SSSR count). The number of halogens is 4. The summed E-state index contributed by atoms with van der Waals surface area (Å²) in [4.78, 5) is 9.67. The van der Waals surface area contributed by atoms with Crippen LogP contribution < -0.4 is 0 Å². The number of hydrogen-bond acceptors (Lipinski definition) is 3. The zero-order valence-corrected chi connectivity index (χ0v) is 9.81. The van der Waals surface area contributed by atoms with Crippen LogP contribution in [0.15, 0.2) is 24.3 Å². The molecular weight excluding hydrogens is 287 g/mol. The molecule has 0 spiro atoms. The fourth-order valence-corrected chi connectivity index (χ4v) is 1.80. The molecule has 0 bridgehead atoms. The lowest BCUT2D eigenvalue weighted by Gasteiger charge is -2.01. The Morgan fingerprint density at radius 1 is 1.42 bits per heavy atom. The van der Waals surface area contributed by atoms with E-state index in [2.05, 4.69) is 5.10 Å². The van der Waals surface area contributed by atoms with Crippen LogP contribution in [0.3, 0.4) is 0 Å². The fraction of sp³-hybridized carbons (Fsp3) is 0.100. The van der Waals surface area contributed by atoms with Crippen LogP contribution in [-0.2, 0) is 0 Å². The number of nitro groups is 1. The Kier molecular flexibility index (Phi) is 3.43. The fourth-order valence-electron chi connectivity index (χ4n) is 1.50. The molecule has 0 aliphatic rings. The van der Waals surface area contributed by atoms with Gasteiger partial charge in [0.25, 0.3) is 6.43 Å². The van der Waals surface area contributed by atoms with Gasteiger partial charge in [0.1, 0.15) is 5.82 Å². The molecule has 1 heterocycles. The van der Waals surface area contributed by atoms with Gasteiger partial charge in [0.15, 0.2) is 0 Å². The first kappa shape index (κ1) is 13.3. The van der Waals surface area contributed by atoms with E-state index in [4.69, 9.17) is 11.6 Å². The Morgan fingerprint density at radius 2 is 2.11 bits per heavy atom. The third kappa shape index (κ3) is 2.39. The van der Waals surface area contributed by atoms with Crippen LogP contribution in [0.1, 0.15) is 12.1 Å². The van der Waals surface area contributed by atoms with Crippen LogP contribution in [0.4, 0.5) is 18.9 Å². The maximum atomic E-state index is 13.0. The zero-order chi connectivity index (χ0) is 14.2. The highest BCUT2D eigenvalue weighted by atomic mass is 35.5. The van der Waals surface area contributed by atoms with Crippen LogP contribution in [-0.4, -0.2) is 14.7 Å². The Balaban J connectivity index is 2.66. The van der Waals surface area contributed by atoms with Crippen LogP contribution in [0.2, 0.25) is 5.15 Å². The van der Waals surface area contributed by atoms with E-state index in [0.717, 1.165) is 12.1 Å². The first-order chi connectivity index (χ1) is 8.91. The normalized spacial score (nSPS) is 11.0. The summed E-state index contributed by atoms with van der Waals surface area (Å²) in [6.07, 6.45) is -3.16. The van der Waals surface area contributed by atoms with Gasteiger partial charge in [-0.2, -0.15) is 5.10 Å². The number of benzene rings is 1. The minimum absolute atomic E-state index is 0.0139. The van der Waals surface area contributed by atoms with E-state index in [0.29, 0.717) is 4.68 Å². The summed E-state index contributed by atoms with van der Waals surface area (Å²) in [6.45, 7) is 0. The van der Waals surface area contributed by atoms with Crippen molar-refractivity contribution in [2.24, 2.45) is 0 Å². The van der Waals surface area contributed by atoms with Crippen LogP contribution in [0.5, 0.6) is 0 Å². The van der Waals surface area contributed by atoms with Gasteiger partial charge in [0.05, 0.1) is 10.6 Å². The van der Waals surface area contributed by atoms with Crippen LogP contribution >= 0.6 is 11.6 Å². The van der Waals surface area contributed by atoms with Crippen molar-refractivity contribution < 1.29 is 18.1 Å². The first-order valence-corrected chi connectivity index (χ1v) is 5.26. The molecule has 9 heteroatoms. The molecule has 0 N–H and O–H groups in total. The maximum absolute atomic E-state index is 13.0. The number of alkyl halides is 2. The van der Waals surface area contributed by atoms with E-state index in [9.17, 15) is 23.3 Å². The molecule has 0 aliphatic carbocycles. The summed E-state index contributed by atoms with van der Waals surface area (Å²) in [7, 11) is 0. The summed E-state index contributed by atoms with van der Waals surface area (Å²) < 4.78 is 39.1. The molecular formula is C10H5ClF3N3O2. The highest BCUT2D eigenvalue weighted by Gasteiger charge is 2.32. The highest BCUT2D eigenvalue weighted by Crippen LogP contribution is 2.35. The summed E-state index contributed by atoms with van der Waals surface area (Å²) >= 11 is 5.66. The number of nitrogens with zero attached hydrogens (tertiary/aromatic N) is 3. The molecule has 0 radical (unpaired) electrons. The van der Waals surface area contributed by atoms with E-state index in [-0.39, 0.29) is 5.69 Å². The number of rotatable bonds is 3. The van der Waals surface area contributed by atoms with Gasteiger partial charge in [-0.25, -0.2) is 17.9 Å². The van der Waals surface area contributed by atoms with E-state index in [1.165, 1.54) is 12.1 Å². The minimum Gasteiger partial charge on any atom is -0.258 e. The smallest absolute Gasteiger partial charge is 0.258 e. The molecule has 100 valence electrons. The van der Waals surface area contributed by atoms with E-state index in [1.807, 2.05) is 0 Å². The maximum Gasteiger partial charge on any atom is 0.335 e. The summed E-state index contributed by atoms with van der Waals surface area (Å²) in [6, 6.07) is 4.73. The van der Waals surface area contributed by atoms with Gasteiger partial charge < -0.3 is 0 Å². The highest BCUT2D eigenvalue weighted by molar-refractivity contribution is 6.32. The molecule has 2 aromatic rings. The van der Waals surface area contributed by atoms with Crippen molar-refractivity contribution in [1.82, 2.24) is 9.78 Å². The second-order valence-corrected chi connectivity index (χ2v) is 3.83. The van der Waals surface area contributed by atoms with Gasteiger partial charge in [-0.15, -0.1) is 0 Å². The minimum atomic E-state index is -3.16. The van der Waals surface area contributed by atoms with Crippen molar-refractivity contribution in [2.75, 3.05) is 0 Å². The van der Waals surface area contributed by atoms with Crippen molar-refractivity contribution in [3.63, 3.8) is 0 Å². The Bertz CT molecular complexity index is 645. The Labute approximate surface area is 109 Å². The first-order valence-electron chi connectivity index (χ1n) is 4.88. The molecule has 0 atom stereocenters. The molecule has 0 aliphatic heterocycles. The average molecular weight is 292 g/mol. The van der Waals surface area contributed by atoms with Gasteiger partial charge in [-0.3, -0.25) is 10.1 Å². The topological polar surface area (TPSA) is 61.0 Å². The molecule has 1 aromatic heterocycles. The predicted octanol–water partition coefficient (Wildman–Crippen LogP) is 3.51. The van der Waals surface area contributed by atoms with Crippen molar-refractivity contribution in [3.05, 3.63) is 51.0 Å². The average Bonchev–Trinajstić information content (AvgIpc) is 2.67. The lowest BCUT2D eigenvalue weighted by molar-refractivity contribution is -0.386. The molecule has 1 aromatic carbocycles. The third-order valence-electron chi connectivity index (χ3n) is 2.27. The standard InChI is InChI=1S/C10H5ClF3N3O2/c11-9-8(17(18)19)7(10(13)14)15-16(9)6-3-1-2-5(12)4-6/h1-4,10H. The Morgan fingerprint density at radius 3 is 2.58 bits per heavy atom. The summed E-state index contributed by atoms with van der Waals surface area (Å²) in [5, 5.41) is 13.5. The quantitative estimate of drug-likeness (QED) is 0.642. The second kappa shape index (κ2) is 4.88. The summed E-state index contributed by atoms with van der Waals surface area (Å²) in [5.74, 6) is -0.648.